The smallest absolute Gasteiger partial charge is 0.153 e. The van der Waals surface area contributed by atoms with Crippen LogP contribution in [0.4, 0.5) is 11.6 Å². The van der Waals surface area contributed by atoms with Crippen LogP contribution in [-0.2, 0) is 6.61 Å². The summed E-state index contributed by atoms with van der Waals surface area (Å²) in [7, 11) is 0. The molecule has 0 radical (unpaired) electrons. The number of hydrogen-bond acceptors (Lipinski definition) is 7. The van der Waals surface area contributed by atoms with Gasteiger partial charge < -0.3 is 15.7 Å². The predicted octanol–water partition coefficient (Wildman–Crippen LogP) is 3.69. The minimum absolute atomic E-state index is 0.151. The van der Waals surface area contributed by atoms with E-state index in [0.29, 0.717) is 21.2 Å². The van der Waals surface area contributed by atoms with Crippen LogP contribution in [0.1, 0.15) is 38.1 Å². The van der Waals surface area contributed by atoms with Crippen molar-refractivity contribution in [3.63, 3.8) is 0 Å². The Morgan fingerprint density at radius 2 is 2.00 bits per heavy atom. The van der Waals surface area contributed by atoms with E-state index in [2.05, 4.69) is 28.7 Å². The van der Waals surface area contributed by atoms with Gasteiger partial charge in [0.25, 0.3) is 0 Å². The molecule has 2 aromatic heterocycles. The quantitative estimate of drug-likeness (QED) is 0.818. The molecule has 1 saturated heterocycles. The van der Waals surface area contributed by atoms with Gasteiger partial charge in [-0.2, -0.15) is 0 Å². The Labute approximate surface area is 163 Å². The van der Waals surface area contributed by atoms with Gasteiger partial charge in [-0.15, -0.1) is 0 Å². The number of anilines is 2. The molecular weight excluding hydrogens is 370 g/mol. The van der Waals surface area contributed by atoms with Crippen LogP contribution in [0.5, 0.6) is 0 Å². The molecule has 1 fully saturated rings. The summed E-state index contributed by atoms with van der Waals surface area (Å²) in [6.45, 7) is 8.20. The van der Waals surface area contributed by atoms with E-state index in [4.69, 9.17) is 22.3 Å². The highest BCUT2D eigenvalue weighted by Gasteiger charge is 2.28. The number of aryl methyl sites for hydroxylation is 1. The van der Waals surface area contributed by atoms with Crippen LogP contribution < -0.4 is 10.6 Å². The van der Waals surface area contributed by atoms with Crippen molar-refractivity contribution in [2.45, 2.75) is 50.1 Å². The number of pyridine rings is 1. The minimum Gasteiger partial charge on any atom is -0.390 e. The molecule has 0 bridgehead atoms. The first-order chi connectivity index (χ1) is 12.3. The highest BCUT2D eigenvalue weighted by atomic mass is 35.5. The Morgan fingerprint density at radius 1 is 1.31 bits per heavy atom. The van der Waals surface area contributed by atoms with Crippen LogP contribution in [-0.4, -0.2) is 33.1 Å². The third kappa shape index (κ3) is 4.05. The number of nitrogen functional groups attached to an aromatic ring is 1. The normalized spacial score (nSPS) is 16.7. The number of rotatable bonds is 4. The average molecular weight is 394 g/mol. The van der Waals surface area contributed by atoms with Crippen molar-refractivity contribution in [2.24, 2.45) is 5.41 Å². The summed E-state index contributed by atoms with van der Waals surface area (Å²) in [6, 6.07) is 1.80. The number of nitrogens with two attached hydrogens (primary N) is 1. The fraction of sp³-hybridized carbons (Fsp3) is 0.500. The van der Waals surface area contributed by atoms with Gasteiger partial charge in [0.15, 0.2) is 5.82 Å². The molecule has 8 heteroatoms. The van der Waals surface area contributed by atoms with Crippen LogP contribution in [0.2, 0.25) is 5.02 Å². The van der Waals surface area contributed by atoms with Gasteiger partial charge in [0.05, 0.1) is 17.3 Å². The lowest BCUT2D eigenvalue weighted by Gasteiger charge is -2.38. The van der Waals surface area contributed by atoms with Crippen molar-refractivity contribution in [1.82, 2.24) is 15.0 Å². The van der Waals surface area contributed by atoms with E-state index in [1.165, 1.54) is 11.8 Å². The van der Waals surface area contributed by atoms with Crippen molar-refractivity contribution in [2.75, 3.05) is 23.7 Å². The Morgan fingerprint density at radius 3 is 2.65 bits per heavy atom. The lowest BCUT2D eigenvalue weighted by molar-refractivity contribution is 0.267. The van der Waals surface area contributed by atoms with Crippen molar-refractivity contribution in [3.8, 4) is 0 Å². The Bertz CT molecular complexity index is 804. The van der Waals surface area contributed by atoms with E-state index < -0.39 is 0 Å². The highest BCUT2D eigenvalue weighted by molar-refractivity contribution is 7.99. The maximum absolute atomic E-state index is 9.84. The lowest BCUT2D eigenvalue weighted by Crippen LogP contribution is -2.38. The molecule has 0 atom stereocenters. The summed E-state index contributed by atoms with van der Waals surface area (Å²) in [5.41, 5.74) is 7.52. The average Bonchev–Trinajstić information content (AvgIpc) is 2.60. The summed E-state index contributed by atoms with van der Waals surface area (Å²) in [4.78, 5) is 16.4. The zero-order valence-electron chi connectivity index (χ0n) is 15.3. The first kappa shape index (κ1) is 19.2. The van der Waals surface area contributed by atoms with Gasteiger partial charge >= 0.3 is 0 Å². The minimum atomic E-state index is -0.151. The molecule has 0 aliphatic carbocycles. The number of halogens is 1. The number of aromatic nitrogens is 3. The van der Waals surface area contributed by atoms with Crippen molar-refractivity contribution in [3.05, 3.63) is 28.7 Å². The fourth-order valence-electron chi connectivity index (χ4n) is 2.93. The Hall–Kier alpha value is -1.57. The van der Waals surface area contributed by atoms with Crippen molar-refractivity contribution < 1.29 is 5.11 Å². The molecule has 3 rings (SSSR count). The molecule has 1 aliphatic heterocycles. The lowest BCUT2D eigenvalue weighted by atomic mass is 9.82. The first-order valence-electron chi connectivity index (χ1n) is 8.62. The summed E-state index contributed by atoms with van der Waals surface area (Å²) in [5.74, 6) is 1.07. The van der Waals surface area contributed by atoms with E-state index in [0.717, 1.165) is 42.3 Å². The van der Waals surface area contributed by atoms with Crippen LogP contribution >= 0.6 is 23.4 Å². The van der Waals surface area contributed by atoms with E-state index in [9.17, 15) is 5.11 Å². The van der Waals surface area contributed by atoms with Gasteiger partial charge in [-0.1, -0.05) is 37.2 Å². The number of nitrogens with zero attached hydrogens (tertiary/aromatic N) is 4. The van der Waals surface area contributed by atoms with E-state index in [1.807, 2.05) is 6.92 Å². The molecular formula is C18H24ClN5OS. The van der Waals surface area contributed by atoms with Gasteiger partial charge in [-0.05, 0) is 31.2 Å². The van der Waals surface area contributed by atoms with Gasteiger partial charge in [0.2, 0.25) is 0 Å². The van der Waals surface area contributed by atoms with Gasteiger partial charge in [0, 0.05) is 24.2 Å². The number of piperidine rings is 1. The molecule has 2 aromatic rings. The van der Waals surface area contributed by atoms with Crippen molar-refractivity contribution >= 4 is 35.0 Å². The molecule has 0 amide bonds. The second kappa shape index (κ2) is 7.58. The highest BCUT2D eigenvalue weighted by Crippen LogP contribution is 2.37. The van der Waals surface area contributed by atoms with Gasteiger partial charge in [-0.25, -0.2) is 15.0 Å². The molecule has 26 heavy (non-hydrogen) atoms. The summed E-state index contributed by atoms with van der Waals surface area (Å²) < 4.78 is 0. The van der Waals surface area contributed by atoms with Crippen LogP contribution in [0, 0.1) is 12.3 Å². The fourth-order valence-corrected chi connectivity index (χ4v) is 4.04. The number of hydrogen-bond donors (Lipinski definition) is 2. The topological polar surface area (TPSA) is 88.2 Å². The molecule has 0 aromatic carbocycles. The summed E-state index contributed by atoms with van der Waals surface area (Å²) in [6.07, 6.45) is 3.81. The maximum Gasteiger partial charge on any atom is 0.153 e. The number of aliphatic hydroxyl groups is 1. The third-order valence-electron chi connectivity index (χ3n) is 4.73. The van der Waals surface area contributed by atoms with Crippen LogP contribution in [0.15, 0.2) is 22.2 Å². The molecule has 6 nitrogen and oxygen atoms in total. The second-order valence-corrected chi connectivity index (χ2v) is 8.71. The molecule has 140 valence electrons. The van der Waals surface area contributed by atoms with Crippen LogP contribution in [0.25, 0.3) is 0 Å². The molecule has 3 N–H and O–H groups in total. The molecule has 1 aliphatic rings. The monoisotopic (exact) mass is 393 g/mol. The Balaban J connectivity index is 1.89. The van der Waals surface area contributed by atoms with E-state index in [-0.39, 0.29) is 12.4 Å². The van der Waals surface area contributed by atoms with Crippen LogP contribution in [0.3, 0.4) is 0 Å². The second-order valence-electron chi connectivity index (χ2n) is 7.30. The molecule has 0 saturated carbocycles. The maximum atomic E-state index is 9.84. The largest absolute Gasteiger partial charge is 0.390 e. The van der Waals surface area contributed by atoms with Crippen molar-refractivity contribution in [1.29, 1.82) is 0 Å². The third-order valence-corrected chi connectivity index (χ3v) is 6.38. The summed E-state index contributed by atoms with van der Waals surface area (Å²) >= 11 is 7.62. The van der Waals surface area contributed by atoms with E-state index >= 15 is 0 Å². The Kier molecular flexibility index (Phi) is 5.60. The SMILES string of the molecule is Cc1nc(N2CCC(C)(C)CC2)c(CO)nc1Sc1ccnc(N)c1Cl. The zero-order chi connectivity index (χ0) is 18.9. The standard InChI is InChI=1S/C18H24ClN5OS/c1-11-17(26-13-4-7-21-15(20)14(13)19)23-12(10-25)16(22-11)24-8-5-18(2,3)6-9-24/h4,7,25H,5-6,8-10H2,1-3H3,(H2,20,21). The number of aliphatic hydroxyl groups excluding tert-OH is 1. The molecule has 0 spiro atoms. The molecule has 0 unspecified atom stereocenters. The van der Waals surface area contributed by atoms with Gasteiger partial charge in [0.1, 0.15) is 16.5 Å². The van der Waals surface area contributed by atoms with Gasteiger partial charge in [-0.3, -0.25) is 0 Å². The summed E-state index contributed by atoms with van der Waals surface area (Å²) in [5, 5.41) is 11.0. The predicted molar refractivity (Wildman–Crippen MR) is 106 cm³/mol. The first-order valence-corrected chi connectivity index (χ1v) is 9.81. The zero-order valence-corrected chi connectivity index (χ0v) is 16.9. The van der Waals surface area contributed by atoms with E-state index in [1.54, 1.807) is 12.3 Å². The molecule has 3 heterocycles.